The largest absolute Gasteiger partial charge is 0.507 e. The minimum Gasteiger partial charge on any atom is -0.507 e. The topological polar surface area (TPSA) is 327 Å². The Morgan fingerprint density at radius 3 is 1.45 bits per heavy atom. The average Bonchev–Trinajstić information content (AvgIpc) is 0.820. The number of aromatic hydroxyl groups is 2. The van der Waals surface area contributed by atoms with Crippen molar-refractivity contribution in [2.24, 2.45) is 0 Å². The van der Waals surface area contributed by atoms with Crippen LogP contribution in [0.4, 0.5) is 22.7 Å². The quantitative estimate of drug-likeness (QED) is 0.0195. The maximum Gasteiger partial charge on any atom is 0.339 e. The first-order chi connectivity index (χ1) is 55.3. The fourth-order valence-electron chi connectivity index (χ4n) is 12.1. The van der Waals surface area contributed by atoms with Gasteiger partial charge in [0.2, 0.25) is 17.7 Å². The molecule has 8 N–H and O–H groups in total. The molecule has 13 rings (SSSR count). The maximum absolute atomic E-state index is 13.2. The second kappa shape index (κ2) is 40.1. The molecule has 0 spiro atoms. The molecule has 0 fully saturated rings. The highest BCUT2D eigenvalue weighted by atomic mass is 32.2. The van der Waals surface area contributed by atoms with Crippen molar-refractivity contribution in [2.75, 3.05) is 40.7 Å². The predicted octanol–water partition coefficient (Wildman–Crippen LogP) is 18.8. The molecule has 115 heavy (non-hydrogen) atoms. The fourth-order valence-corrected chi connectivity index (χ4v) is 13.5. The summed E-state index contributed by atoms with van der Waals surface area (Å²) in [4.78, 5) is 94.8. The minimum atomic E-state index is -3.65. The summed E-state index contributed by atoms with van der Waals surface area (Å²) in [6.07, 6.45) is 2.30. The van der Waals surface area contributed by atoms with Crippen molar-refractivity contribution in [3.63, 3.8) is 0 Å². The third-order valence-corrected chi connectivity index (χ3v) is 20.1. The number of esters is 2. The maximum atomic E-state index is 13.2. The molecule has 0 saturated carbocycles. The lowest BCUT2D eigenvalue weighted by molar-refractivity contribution is -0.117. The second-order valence-electron chi connectivity index (χ2n) is 26.8. The lowest BCUT2D eigenvalue weighted by Gasteiger charge is -2.18. The van der Waals surface area contributed by atoms with E-state index in [4.69, 9.17) is 24.4 Å². The summed E-state index contributed by atoms with van der Waals surface area (Å²) >= 11 is 0. The number of benzene rings is 13. The van der Waals surface area contributed by atoms with E-state index in [2.05, 4.69) is 75.9 Å². The molecule has 0 aliphatic heterocycles. The lowest BCUT2D eigenvalue weighted by atomic mass is 9.92. The van der Waals surface area contributed by atoms with E-state index in [-0.39, 0.29) is 69.7 Å². The Kier molecular flexibility index (Phi) is 29.0. The number of rotatable bonds is 25. The number of hydrogen-bond donors (Lipinski definition) is 8. The molecule has 584 valence electrons. The van der Waals surface area contributed by atoms with E-state index in [1.165, 1.54) is 65.1 Å². The highest BCUT2D eigenvalue weighted by molar-refractivity contribution is 7.91. The third kappa shape index (κ3) is 24.6. The number of ether oxygens (including phenoxy) is 3. The minimum absolute atomic E-state index is 0.0100. The summed E-state index contributed by atoms with van der Waals surface area (Å²) in [5, 5.41) is 55.1. The molecular formula is C93H84N4O17S. The van der Waals surface area contributed by atoms with Gasteiger partial charge in [-0.3, -0.25) is 19.2 Å². The molecule has 0 aliphatic rings. The van der Waals surface area contributed by atoms with Gasteiger partial charge in [-0.2, -0.15) is 0 Å². The number of aryl methyl sites for hydroxylation is 4. The number of carboxylic acids is 2. The van der Waals surface area contributed by atoms with Crippen molar-refractivity contribution in [3.8, 4) is 23.0 Å². The van der Waals surface area contributed by atoms with Crippen LogP contribution >= 0.6 is 0 Å². The molecule has 13 aromatic rings. The number of hydrogen-bond acceptors (Lipinski definition) is 15. The van der Waals surface area contributed by atoms with Gasteiger partial charge in [0, 0.05) is 48.0 Å². The van der Waals surface area contributed by atoms with E-state index in [0.717, 1.165) is 44.7 Å². The van der Waals surface area contributed by atoms with Gasteiger partial charge in [0.25, 0.3) is 5.91 Å². The molecule has 21 nitrogen and oxygen atoms in total. The number of fused-ring (bicyclic) bond motifs is 3. The van der Waals surface area contributed by atoms with Crippen molar-refractivity contribution in [1.29, 1.82) is 0 Å². The number of anilines is 4. The van der Waals surface area contributed by atoms with Crippen LogP contribution in [0, 0.1) is 13.8 Å². The van der Waals surface area contributed by atoms with Crippen molar-refractivity contribution in [2.45, 2.75) is 70.1 Å². The number of carbonyl (C=O) groups excluding carboxylic acids is 6. The highest BCUT2D eigenvalue weighted by Gasteiger charge is 2.23. The number of para-hydroxylation sites is 1. The van der Waals surface area contributed by atoms with E-state index in [0.29, 0.717) is 77.5 Å². The summed E-state index contributed by atoms with van der Waals surface area (Å²) < 4.78 is 41.7. The van der Waals surface area contributed by atoms with Crippen LogP contribution in [-0.4, -0.2) is 95.8 Å². The summed E-state index contributed by atoms with van der Waals surface area (Å²) in [5.74, 6) is -3.75. The van der Waals surface area contributed by atoms with Crippen molar-refractivity contribution >= 4 is 112 Å². The van der Waals surface area contributed by atoms with Crippen LogP contribution in [0.5, 0.6) is 23.0 Å². The van der Waals surface area contributed by atoms with Gasteiger partial charge in [-0.15, -0.1) is 0 Å². The molecule has 4 amide bonds. The molecule has 1 atom stereocenters. The number of nitrogens with one attached hydrogen (secondary N) is 4. The Morgan fingerprint density at radius 2 is 0.904 bits per heavy atom. The molecule has 0 heterocycles. The lowest BCUT2D eigenvalue weighted by Crippen LogP contribution is -2.18. The number of phenols is 2. The molecule has 0 aromatic heterocycles. The summed E-state index contributed by atoms with van der Waals surface area (Å²) in [5.41, 5.74) is 8.22. The van der Waals surface area contributed by atoms with Gasteiger partial charge in [0.1, 0.15) is 28.6 Å². The molecule has 13 aromatic carbocycles. The van der Waals surface area contributed by atoms with E-state index in [1.54, 1.807) is 122 Å². The fraction of sp³-hybridized carbons (Fsp3) is 0.140. The van der Waals surface area contributed by atoms with Gasteiger partial charge >= 0.3 is 23.9 Å². The van der Waals surface area contributed by atoms with Crippen LogP contribution < -0.4 is 26.0 Å². The van der Waals surface area contributed by atoms with Crippen molar-refractivity contribution in [3.05, 3.63) is 341 Å². The van der Waals surface area contributed by atoms with Gasteiger partial charge < -0.3 is 55.9 Å². The third-order valence-electron chi connectivity index (χ3n) is 18.3. The van der Waals surface area contributed by atoms with Gasteiger partial charge in [0.15, 0.2) is 9.84 Å². The first kappa shape index (κ1) is 83.2. The van der Waals surface area contributed by atoms with Gasteiger partial charge in [-0.05, 0) is 234 Å². The van der Waals surface area contributed by atoms with Crippen molar-refractivity contribution < 1.29 is 81.4 Å². The van der Waals surface area contributed by atoms with Gasteiger partial charge in [0.05, 0.1) is 46.7 Å². The van der Waals surface area contributed by atoms with Gasteiger partial charge in [-0.25, -0.2) is 27.6 Å². The zero-order chi connectivity index (χ0) is 82.0. The molecule has 0 radical (unpaired) electrons. The Bertz CT molecular complexity index is 5760. The summed E-state index contributed by atoms with van der Waals surface area (Å²) in [6, 6.07) is 83.7. The SMILES string of the molecule is CCOC(=O)c1ccc(NC(=O)CCc2ccc3ccccc3c2)cc1.COC(=O)c1ccc2cc(C(=O)Nc3cc(C)ccc3O)ccc2c1.Cc1ccc(C(CCS(=O)(=O)c2ccc(Oc3ccccc3)cc2)CC(=O)Nc2ccc(C(=O)O)c(O)c2)cc1.O=C(CCc1ccc2ccccc2c1)Nc1ccc(C(=O)O)cc1. The van der Waals surface area contributed by atoms with Crippen LogP contribution in [0.25, 0.3) is 32.3 Å². The zero-order valence-electron chi connectivity index (χ0n) is 63.4. The Morgan fingerprint density at radius 1 is 0.417 bits per heavy atom. The van der Waals surface area contributed by atoms with Crippen LogP contribution in [0.15, 0.2) is 290 Å². The summed E-state index contributed by atoms with van der Waals surface area (Å²) in [7, 11) is -2.32. The average molecular weight is 1560 g/mol. The molecule has 0 aliphatic carbocycles. The van der Waals surface area contributed by atoms with Crippen LogP contribution in [0.3, 0.4) is 0 Å². The monoisotopic (exact) mass is 1560 g/mol. The number of carbonyl (C=O) groups is 8. The number of carboxylic acid groups (broad SMARTS) is 2. The Labute approximate surface area is 664 Å². The van der Waals surface area contributed by atoms with Crippen LogP contribution in [-0.2, 0) is 46.5 Å². The van der Waals surface area contributed by atoms with E-state index >= 15 is 0 Å². The second-order valence-corrected chi connectivity index (χ2v) is 28.9. The number of phenolic OH excluding ortho intramolecular Hbond substituents is 1. The molecule has 0 bridgehead atoms. The highest BCUT2D eigenvalue weighted by Crippen LogP contribution is 2.32. The standard InChI is InChI=1S/C31H29NO7S.C22H21NO3.C20H17NO4.C20H17NO3/c1-21-7-9-22(10-8-21)23(19-30(34)32-24-11-16-28(31(35)36)29(33)20-24)17-18-40(37,38)27-14-12-26(13-15-27)39-25-5-3-2-4-6-25;1-2-26-22(25)18-10-12-20(13-11-18)23-21(24)14-8-16-7-9-17-5-3-4-6-19(17)15-16;1-12-3-8-18(22)17(9-12)21-19(23)15-6-4-14-11-16(20(24)25-2)7-5-13(14)10-15;22-19(21-18-10-8-16(9-11-18)20(23)24)12-6-14-5-7-15-3-1-2-4-17(15)13-14/h2-16,20,23,33H,17-19H2,1H3,(H,32,34)(H,35,36);3-7,9-13,15H,2,8,14H2,1H3,(H,23,24);3-11,22H,1-2H3,(H,21,23);1-5,7-11,13H,6,12H2,(H,21,22)(H,23,24). The summed E-state index contributed by atoms with van der Waals surface area (Å²) in [6.45, 7) is 5.92. The zero-order valence-corrected chi connectivity index (χ0v) is 64.2. The number of sulfone groups is 1. The van der Waals surface area contributed by atoms with Gasteiger partial charge in [-0.1, -0.05) is 151 Å². The van der Waals surface area contributed by atoms with E-state index in [9.17, 15) is 57.0 Å². The van der Waals surface area contributed by atoms with Crippen LogP contribution in [0.2, 0.25) is 0 Å². The number of aromatic carboxylic acids is 2. The molecular weight excluding hydrogens is 1480 g/mol. The van der Waals surface area contributed by atoms with Crippen molar-refractivity contribution in [1.82, 2.24) is 0 Å². The number of amides is 4. The smallest absolute Gasteiger partial charge is 0.339 e. The van der Waals surface area contributed by atoms with E-state index < -0.39 is 45.3 Å². The van der Waals surface area contributed by atoms with E-state index in [1.807, 2.05) is 86.6 Å². The Hall–Kier alpha value is -14.3. The Balaban J connectivity index is 0.000000166. The molecule has 0 saturated heterocycles. The van der Waals surface area contributed by atoms with Crippen LogP contribution in [0.1, 0.15) is 118 Å². The normalized spacial score (nSPS) is 11.0. The molecule has 1 unspecified atom stereocenters. The first-order valence-corrected chi connectivity index (χ1v) is 38.4. The predicted molar refractivity (Wildman–Crippen MR) is 446 cm³/mol. The first-order valence-electron chi connectivity index (χ1n) is 36.7. The molecule has 22 heteroatoms. The number of methoxy groups -OCH3 is 1.